The molecule has 1 N–H and O–H groups in total. The van der Waals surface area contributed by atoms with Gasteiger partial charge in [-0.1, -0.05) is 6.92 Å². The van der Waals surface area contributed by atoms with Gasteiger partial charge in [0.1, 0.15) is 0 Å². The van der Waals surface area contributed by atoms with E-state index in [1.807, 2.05) is 0 Å². The minimum atomic E-state index is -0.266. The number of anilines is 2. The Morgan fingerprint density at radius 1 is 1.14 bits per heavy atom. The molecule has 7 heteroatoms. The van der Waals surface area contributed by atoms with Crippen LogP contribution >= 0.6 is 11.6 Å². The summed E-state index contributed by atoms with van der Waals surface area (Å²) in [7, 11) is 0. The summed E-state index contributed by atoms with van der Waals surface area (Å²) in [5.41, 5.74) is -0.532. The van der Waals surface area contributed by atoms with Gasteiger partial charge in [-0.15, -0.1) is 0 Å². The molecule has 1 aliphatic heterocycles. The van der Waals surface area contributed by atoms with Crippen molar-refractivity contribution in [1.29, 1.82) is 0 Å². The Kier molecular flexibility index (Phi) is 4.58. The number of morpholine rings is 1. The minimum Gasteiger partial charge on any atom is -0.366 e. The Balaban J connectivity index is 2.26. The molecule has 0 amide bonds. The fourth-order valence-corrected chi connectivity index (χ4v) is 2.88. The zero-order valence-electron chi connectivity index (χ0n) is 13.4. The Labute approximate surface area is 131 Å². The third-order valence-corrected chi connectivity index (χ3v) is 3.28. The highest BCUT2D eigenvalue weighted by Gasteiger charge is 2.39. The van der Waals surface area contributed by atoms with E-state index in [1.165, 1.54) is 0 Å². The summed E-state index contributed by atoms with van der Waals surface area (Å²) in [6.07, 6.45) is 0.996. The highest BCUT2D eigenvalue weighted by molar-refractivity contribution is 6.28. The molecule has 0 aromatic carbocycles. The molecule has 0 saturated carbocycles. The lowest BCUT2D eigenvalue weighted by Crippen LogP contribution is -2.57. The van der Waals surface area contributed by atoms with E-state index >= 15 is 0 Å². The zero-order valence-corrected chi connectivity index (χ0v) is 14.2. The van der Waals surface area contributed by atoms with Crippen molar-refractivity contribution in [2.75, 3.05) is 29.9 Å². The van der Waals surface area contributed by atoms with Crippen LogP contribution in [0.25, 0.3) is 0 Å². The number of rotatable bonds is 4. The van der Waals surface area contributed by atoms with E-state index in [9.17, 15) is 0 Å². The maximum Gasteiger partial charge on any atom is 0.231 e. The first-order chi connectivity index (χ1) is 9.71. The van der Waals surface area contributed by atoms with E-state index in [0.29, 0.717) is 25.0 Å². The van der Waals surface area contributed by atoms with Gasteiger partial charge < -0.3 is 15.0 Å². The predicted octanol–water partition coefficient (Wildman–Crippen LogP) is 2.74. The van der Waals surface area contributed by atoms with Crippen LogP contribution in [0.2, 0.25) is 5.28 Å². The smallest absolute Gasteiger partial charge is 0.231 e. The summed E-state index contributed by atoms with van der Waals surface area (Å²) in [5.74, 6) is 1.12. The van der Waals surface area contributed by atoms with E-state index in [-0.39, 0.29) is 16.5 Å². The molecule has 21 heavy (non-hydrogen) atoms. The maximum atomic E-state index is 6.08. The van der Waals surface area contributed by atoms with Crippen molar-refractivity contribution in [2.45, 2.75) is 52.2 Å². The SMILES string of the molecule is CCCNc1nc(Cl)nc(N2CC(C)(C)OC(C)(C)C2)n1. The zero-order chi connectivity index (χ0) is 15.7. The lowest BCUT2D eigenvalue weighted by Gasteiger charge is -2.47. The topological polar surface area (TPSA) is 63.2 Å². The van der Waals surface area contributed by atoms with Crippen LogP contribution in [0.15, 0.2) is 0 Å². The molecule has 2 rings (SSSR count). The van der Waals surface area contributed by atoms with Gasteiger partial charge in [0.25, 0.3) is 0 Å². The van der Waals surface area contributed by atoms with Crippen molar-refractivity contribution in [1.82, 2.24) is 15.0 Å². The van der Waals surface area contributed by atoms with Crippen LogP contribution in [0.4, 0.5) is 11.9 Å². The van der Waals surface area contributed by atoms with Crippen molar-refractivity contribution in [3.05, 3.63) is 5.28 Å². The number of hydrogen-bond acceptors (Lipinski definition) is 6. The molecule has 0 bridgehead atoms. The normalized spacial score (nSPS) is 20.4. The van der Waals surface area contributed by atoms with Gasteiger partial charge in [-0.2, -0.15) is 15.0 Å². The monoisotopic (exact) mass is 313 g/mol. The Morgan fingerprint density at radius 2 is 1.76 bits per heavy atom. The van der Waals surface area contributed by atoms with Gasteiger partial charge in [0, 0.05) is 19.6 Å². The molecule has 1 aromatic heterocycles. The van der Waals surface area contributed by atoms with Gasteiger partial charge in [-0.05, 0) is 45.7 Å². The van der Waals surface area contributed by atoms with Crippen molar-refractivity contribution >= 4 is 23.5 Å². The maximum absolute atomic E-state index is 6.08. The van der Waals surface area contributed by atoms with Gasteiger partial charge in [0.2, 0.25) is 17.2 Å². The number of ether oxygens (including phenoxy) is 1. The van der Waals surface area contributed by atoms with Gasteiger partial charge >= 0.3 is 0 Å². The number of aromatic nitrogens is 3. The summed E-state index contributed by atoms with van der Waals surface area (Å²) in [5, 5.41) is 3.36. The first-order valence-corrected chi connectivity index (χ1v) is 7.69. The Bertz CT molecular complexity index is 490. The van der Waals surface area contributed by atoms with Crippen LogP contribution in [-0.2, 0) is 4.74 Å². The minimum absolute atomic E-state index is 0.209. The second-order valence-electron chi connectivity index (χ2n) is 6.63. The van der Waals surface area contributed by atoms with Gasteiger partial charge in [0.05, 0.1) is 11.2 Å². The third-order valence-electron chi connectivity index (χ3n) is 3.11. The summed E-state index contributed by atoms with van der Waals surface area (Å²) in [6.45, 7) is 12.6. The van der Waals surface area contributed by atoms with Crippen molar-refractivity contribution in [2.24, 2.45) is 0 Å². The van der Waals surface area contributed by atoms with Crippen LogP contribution < -0.4 is 10.2 Å². The molecule has 1 aliphatic rings. The van der Waals surface area contributed by atoms with Crippen molar-refractivity contribution in [3.63, 3.8) is 0 Å². The van der Waals surface area contributed by atoms with Crippen LogP contribution in [0.5, 0.6) is 0 Å². The average molecular weight is 314 g/mol. The molecule has 1 aromatic rings. The van der Waals surface area contributed by atoms with Crippen LogP contribution in [0, 0.1) is 0 Å². The predicted molar refractivity (Wildman–Crippen MR) is 85.1 cm³/mol. The standard InChI is InChI=1S/C14H24ClN5O/c1-6-7-16-11-17-10(15)18-12(19-11)20-8-13(2,3)21-14(4,5)9-20/h6-9H2,1-5H3,(H,16,17,18,19). The molecule has 0 atom stereocenters. The number of hydrogen-bond donors (Lipinski definition) is 1. The molecule has 1 saturated heterocycles. The number of nitrogens with one attached hydrogen (secondary N) is 1. The van der Waals surface area contributed by atoms with Gasteiger partial charge in [-0.3, -0.25) is 0 Å². The molecule has 6 nitrogen and oxygen atoms in total. The van der Waals surface area contributed by atoms with Gasteiger partial charge in [-0.25, -0.2) is 0 Å². The summed E-state index contributed by atoms with van der Waals surface area (Å²) in [4.78, 5) is 15.0. The lowest BCUT2D eigenvalue weighted by molar-refractivity contribution is -0.133. The second kappa shape index (κ2) is 5.93. The summed E-state index contributed by atoms with van der Waals surface area (Å²) in [6, 6.07) is 0. The largest absolute Gasteiger partial charge is 0.366 e. The highest BCUT2D eigenvalue weighted by Crippen LogP contribution is 2.30. The Hall–Kier alpha value is -1.14. The van der Waals surface area contributed by atoms with Crippen LogP contribution in [0.1, 0.15) is 41.0 Å². The second-order valence-corrected chi connectivity index (χ2v) is 6.97. The number of halogens is 1. The van der Waals surface area contributed by atoms with E-state index in [4.69, 9.17) is 16.3 Å². The fraction of sp³-hybridized carbons (Fsp3) is 0.786. The summed E-state index contributed by atoms with van der Waals surface area (Å²) < 4.78 is 6.08. The van der Waals surface area contributed by atoms with Crippen molar-refractivity contribution < 1.29 is 4.74 Å². The molecule has 1 fully saturated rings. The average Bonchev–Trinajstić information content (AvgIpc) is 2.32. The third kappa shape index (κ3) is 4.41. The van der Waals surface area contributed by atoms with Crippen LogP contribution in [0.3, 0.4) is 0 Å². The molecule has 0 spiro atoms. The first kappa shape index (κ1) is 16.2. The molecule has 118 valence electrons. The van der Waals surface area contributed by atoms with Crippen molar-refractivity contribution in [3.8, 4) is 0 Å². The van der Waals surface area contributed by atoms with Crippen LogP contribution in [-0.4, -0.2) is 45.8 Å². The summed E-state index contributed by atoms with van der Waals surface area (Å²) >= 11 is 6.03. The fourth-order valence-electron chi connectivity index (χ4n) is 2.73. The molecular formula is C14H24ClN5O. The van der Waals surface area contributed by atoms with E-state index in [1.54, 1.807) is 0 Å². The molecule has 0 aliphatic carbocycles. The number of nitrogens with zero attached hydrogens (tertiary/aromatic N) is 4. The van der Waals surface area contributed by atoms with E-state index < -0.39 is 0 Å². The first-order valence-electron chi connectivity index (χ1n) is 7.31. The lowest BCUT2D eigenvalue weighted by atomic mass is 9.99. The highest BCUT2D eigenvalue weighted by atomic mass is 35.5. The Morgan fingerprint density at radius 3 is 2.33 bits per heavy atom. The molecule has 0 unspecified atom stereocenters. The van der Waals surface area contributed by atoms with E-state index in [2.05, 4.69) is 59.8 Å². The molecule has 2 heterocycles. The van der Waals surface area contributed by atoms with Gasteiger partial charge in [0.15, 0.2) is 0 Å². The van der Waals surface area contributed by atoms with E-state index in [0.717, 1.165) is 13.0 Å². The molecular weight excluding hydrogens is 290 g/mol. The quantitative estimate of drug-likeness (QED) is 0.922. The molecule has 0 radical (unpaired) electrons.